The maximum Gasteiger partial charge on any atom is 0.148 e. The van der Waals surface area contributed by atoms with Crippen molar-refractivity contribution in [1.29, 1.82) is 5.26 Å². The van der Waals surface area contributed by atoms with E-state index in [1.165, 1.54) is 11.1 Å². The molecule has 2 unspecified atom stereocenters. The number of rotatable bonds is 3. The first-order chi connectivity index (χ1) is 12.2. The second kappa shape index (κ2) is 6.52. The highest BCUT2D eigenvalue weighted by molar-refractivity contribution is 5.82. The molecular formula is C20H19N5. The molecule has 1 aliphatic rings. The lowest BCUT2D eigenvalue weighted by atomic mass is 9.93. The minimum absolute atomic E-state index is 0.135. The number of hydrogen-bond acceptors (Lipinski definition) is 4. The van der Waals surface area contributed by atoms with Gasteiger partial charge in [0, 0.05) is 12.5 Å². The summed E-state index contributed by atoms with van der Waals surface area (Å²) >= 11 is 0. The first-order valence-corrected chi connectivity index (χ1v) is 8.36. The molecule has 1 fully saturated rings. The van der Waals surface area contributed by atoms with E-state index in [1.807, 2.05) is 49.4 Å². The van der Waals surface area contributed by atoms with Gasteiger partial charge in [0.05, 0.1) is 22.6 Å². The Labute approximate surface area is 146 Å². The fraction of sp³-hybridized carbons (Fsp3) is 0.200. The SMILES string of the molecule is Cc1ccc2nc(/C(C#N)=C/C3CNNC3c3ccccc3)[nH]c2c1. The van der Waals surface area contributed by atoms with Crippen molar-refractivity contribution in [2.24, 2.45) is 5.92 Å². The summed E-state index contributed by atoms with van der Waals surface area (Å²) in [6, 6.07) is 18.8. The summed E-state index contributed by atoms with van der Waals surface area (Å²) in [5, 5.41) is 9.66. The van der Waals surface area contributed by atoms with E-state index in [2.05, 4.69) is 39.0 Å². The fourth-order valence-corrected chi connectivity index (χ4v) is 3.29. The van der Waals surface area contributed by atoms with Crippen LogP contribution in [-0.4, -0.2) is 16.5 Å². The molecule has 1 aliphatic heterocycles. The maximum absolute atomic E-state index is 9.66. The third-order valence-corrected chi connectivity index (χ3v) is 4.58. The topological polar surface area (TPSA) is 76.5 Å². The third-order valence-electron chi connectivity index (χ3n) is 4.58. The molecule has 3 aromatic rings. The van der Waals surface area contributed by atoms with Crippen molar-refractivity contribution in [1.82, 2.24) is 20.8 Å². The number of nitriles is 1. The molecule has 2 aromatic carbocycles. The van der Waals surface area contributed by atoms with Gasteiger partial charge in [-0.25, -0.2) is 10.4 Å². The summed E-state index contributed by atoms with van der Waals surface area (Å²) in [5.74, 6) is 0.800. The summed E-state index contributed by atoms with van der Waals surface area (Å²) in [5.41, 5.74) is 11.3. The summed E-state index contributed by atoms with van der Waals surface area (Å²) in [6.45, 7) is 2.81. The monoisotopic (exact) mass is 329 g/mol. The van der Waals surface area contributed by atoms with Crippen molar-refractivity contribution in [2.75, 3.05) is 6.54 Å². The van der Waals surface area contributed by atoms with E-state index in [-0.39, 0.29) is 12.0 Å². The maximum atomic E-state index is 9.66. The van der Waals surface area contributed by atoms with E-state index in [1.54, 1.807) is 0 Å². The molecule has 0 spiro atoms. The number of hydrogen-bond donors (Lipinski definition) is 3. The molecule has 4 rings (SSSR count). The van der Waals surface area contributed by atoms with Gasteiger partial charge in [-0.3, -0.25) is 5.43 Å². The summed E-state index contributed by atoms with van der Waals surface area (Å²) < 4.78 is 0. The predicted molar refractivity (Wildman–Crippen MR) is 98.2 cm³/mol. The minimum Gasteiger partial charge on any atom is -0.337 e. The second-order valence-electron chi connectivity index (χ2n) is 6.38. The standard InChI is InChI=1S/C20H19N5/c1-13-7-8-17-18(9-13)24-20(23-17)15(11-21)10-16-12-22-25-19(16)14-5-3-2-4-6-14/h2-10,16,19,22,25H,12H2,1H3,(H,23,24)/b15-10+. The highest BCUT2D eigenvalue weighted by atomic mass is 15.4. The lowest BCUT2D eigenvalue weighted by molar-refractivity contribution is 0.540. The van der Waals surface area contributed by atoms with E-state index in [0.29, 0.717) is 11.4 Å². The van der Waals surface area contributed by atoms with Crippen molar-refractivity contribution in [3.05, 3.63) is 71.6 Å². The van der Waals surface area contributed by atoms with E-state index >= 15 is 0 Å². The van der Waals surface area contributed by atoms with Gasteiger partial charge in [0.2, 0.25) is 0 Å². The van der Waals surface area contributed by atoms with Crippen LogP contribution in [0.3, 0.4) is 0 Å². The number of nitrogens with one attached hydrogen (secondary N) is 3. The quantitative estimate of drug-likeness (QED) is 0.645. The van der Waals surface area contributed by atoms with Crippen LogP contribution in [0.5, 0.6) is 0 Å². The van der Waals surface area contributed by atoms with Crippen LogP contribution < -0.4 is 10.9 Å². The second-order valence-corrected chi connectivity index (χ2v) is 6.38. The molecule has 124 valence electrons. The lowest BCUT2D eigenvalue weighted by Crippen LogP contribution is -2.24. The van der Waals surface area contributed by atoms with E-state index in [0.717, 1.165) is 17.6 Å². The van der Waals surface area contributed by atoms with Gasteiger partial charge in [-0.2, -0.15) is 5.26 Å². The molecule has 1 aromatic heterocycles. The molecular weight excluding hydrogens is 310 g/mol. The molecule has 3 N–H and O–H groups in total. The van der Waals surface area contributed by atoms with Crippen LogP contribution >= 0.6 is 0 Å². The molecule has 0 bridgehead atoms. The van der Waals surface area contributed by atoms with Crippen LogP contribution in [0.1, 0.15) is 23.0 Å². The number of hydrazine groups is 1. The number of aromatic amines is 1. The number of fused-ring (bicyclic) bond motifs is 1. The van der Waals surface area contributed by atoms with E-state index in [9.17, 15) is 5.26 Å². The fourth-order valence-electron chi connectivity index (χ4n) is 3.29. The Balaban J connectivity index is 1.68. The first kappa shape index (κ1) is 15.6. The minimum atomic E-state index is 0.135. The molecule has 0 amide bonds. The Morgan fingerprint density at radius 3 is 2.88 bits per heavy atom. The number of H-pyrrole nitrogens is 1. The highest BCUT2D eigenvalue weighted by Crippen LogP contribution is 2.28. The average molecular weight is 329 g/mol. The normalized spacial score (nSPS) is 20.7. The van der Waals surface area contributed by atoms with Crippen LogP contribution in [0.25, 0.3) is 16.6 Å². The van der Waals surface area contributed by atoms with Crippen LogP contribution in [-0.2, 0) is 0 Å². The summed E-state index contributed by atoms with van der Waals surface area (Å²) in [4.78, 5) is 7.85. The van der Waals surface area contributed by atoms with E-state index < -0.39 is 0 Å². The smallest absolute Gasteiger partial charge is 0.148 e. The van der Waals surface area contributed by atoms with Gasteiger partial charge in [0.25, 0.3) is 0 Å². The van der Waals surface area contributed by atoms with Crippen molar-refractivity contribution in [3.63, 3.8) is 0 Å². The average Bonchev–Trinajstić information content (AvgIpc) is 3.26. The Hall–Kier alpha value is -2.94. The summed E-state index contributed by atoms with van der Waals surface area (Å²) in [6.07, 6.45) is 2.01. The number of benzene rings is 2. The molecule has 0 saturated carbocycles. The Morgan fingerprint density at radius 2 is 2.08 bits per heavy atom. The number of nitrogens with zero attached hydrogens (tertiary/aromatic N) is 2. The van der Waals surface area contributed by atoms with Gasteiger partial charge in [-0.15, -0.1) is 0 Å². The lowest BCUT2D eigenvalue weighted by Gasteiger charge is -2.15. The Kier molecular flexibility index (Phi) is 4.06. The molecule has 1 saturated heterocycles. The van der Waals surface area contributed by atoms with Gasteiger partial charge >= 0.3 is 0 Å². The Morgan fingerprint density at radius 1 is 1.24 bits per heavy atom. The van der Waals surface area contributed by atoms with Crippen LogP contribution in [0, 0.1) is 24.2 Å². The molecule has 0 aliphatic carbocycles. The van der Waals surface area contributed by atoms with Gasteiger partial charge in [0.15, 0.2) is 0 Å². The number of allylic oxidation sites excluding steroid dienone is 1. The highest BCUT2D eigenvalue weighted by Gasteiger charge is 2.27. The van der Waals surface area contributed by atoms with E-state index in [4.69, 9.17) is 0 Å². The molecule has 0 radical (unpaired) electrons. The molecule has 25 heavy (non-hydrogen) atoms. The predicted octanol–water partition coefficient (Wildman–Crippen LogP) is 3.24. The molecule has 2 heterocycles. The first-order valence-electron chi connectivity index (χ1n) is 8.36. The summed E-state index contributed by atoms with van der Waals surface area (Å²) in [7, 11) is 0. The van der Waals surface area contributed by atoms with Crippen molar-refractivity contribution >= 4 is 16.6 Å². The van der Waals surface area contributed by atoms with Gasteiger partial charge in [-0.1, -0.05) is 42.5 Å². The zero-order chi connectivity index (χ0) is 17.2. The molecule has 5 heteroatoms. The number of aromatic nitrogens is 2. The van der Waals surface area contributed by atoms with Crippen LogP contribution in [0.4, 0.5) is 0 Å². The van der Waals surface area contributed by atoms with Gasteiger partial charge < -0.3 is 4.98 Å². The van der Waals surface area contributed by atoms with Crippen LogP contribution in [0.2, 0.25) is 0 Å². The largest absolute Gasteiger partial charge is 0.337 e. The molecule has 2 atom stereocenters. The van der Waals surface area contributed by atoms with Crippen molar-refractivity contribution in [3.8, 4) is 6.07 Å². The van der Waals surface area contributed by atoms with Crippen molar-refractivity contribution in [2.45, 2.75) is 13.0 Å². The Bertz CT molecular complexity index is 965. The zero-order valence-electron chi connectivity index (χ0n) is 14.0. The van der Waals surface area contributed by atoms with Gasteiger partial charge in [-0.05, 0) is 30.2 Å². The number of imidazole rings is 1. The number of aryl methyl sites for hydroxylation is 1. The molecule has 5 nitrogen and oxygen atoms in total. The third kappa shape index (κ3) is 3.05. The zero-order valence-corrected chi connectivity index (χ0v) is 14.0. The van der Waals surface area contributed by atoms with Crippen molar-refractivity contribution < 1.29 is 0 Å². The van der Waals surface area contributed by atoms with Crippen LogP contribution in [0.15, 0.2) is 54.6 Å². The van der Waals surface area contributed by atoms with Gasteiger partial charge in [0.1, 0.15) is 11.9 Å².